The topological polar surface area (TPSA) is 47.1 Å². The summed E-state index contributed by atoms with van der Waals surface area (Å²) in [6, 6.07) is 6.91. The smallest absolute Gasteiger partial charge is 0.128 e. The number of imidazole rings is 1. The van der Waals surface area contributed by atoms with E-state index in [1.807, 2.05) is 6.20 Å². The second kappa shape index (κ2) is 5.29. The molecular formula is C16H22N4. The van der Waals surface area contributed by atoms with Crippen LogP contribution in [0.5, 0.6) is 0 Å². The van der Waals surface area contributed by atoms with Crippen LogP contribution in [0.15, 0.2) is 30.6 Å². The predicted octanol–water partition coefficient (Wildman–Crippen LogP) is 2.10. The Morgan fingerprint density at radius 3 is 2.95 bits per heavy atom. The van der Waals surface area contributed by atoms with Gasteiger partial charge in [-0.3, -0.25) is 0 Å². The van der Waals surface area contributed by atoms with Gasteiger partial charge in [-0.2, -0.15) is 0 Å². The van der Waals surface area contributed by atoms with Crippen LogP contribution in [0.25, 0.3) is 0 Å². The summed E-state index contributed by atoms with van der Waals surface area (Å²) in [5.74, 6) is 1.15. The summed E-state index contributed by atoms with van der Waals surface area (Å²) in [4.78, 5) is 6.81. The van der Waals surface area contributed by atoms with Crippen molar-refractivity contribution in [2.45, 2.75) is 39.4 Å². The van der Waals surface area contributed by atoms with Crippen LogP contribution in [-0.4, -0.2) is 22.1 Å². The van der Waals surface area contributed by atoms with E-state index in [0.717, 1.165) is 31.9 Å². The molecule has 2 aromatic rings. The number of fused-ring (bicyclic) bond motifs is 1. The Labute approximate surface area is 120 Å². The molecular weight excluding hydrogens is 248 g/mol. The summed E-state index contributed by atoms with van der Waals surface area (Å²) in [6.07, 6.45) is 4.88. The van der Waals surface area contributed by atoms with Gasteiger partial charge in [0.2, 0.25) is 0 Å². The van der Waals surface area contributed by atoms with Gasteiger partial charge in [-0.15, -0.1) is 0 Å². The van der Waals surface area contributed by atoms with Gasteiger partial charge in [0, 0.05) is 37.2 Å². The van der Waals surface area contributed by atoms with E-state index in [1.165, 1.54) is 16.8 Å². The number of nitrogens with zero attached hydrogens (tertiary/aromatic N) is 3. The average Bonchev–Trinajstić information content (AvgIpc) is 2.87. The summed E-state index contributed by atoms with van der Waals surface area (Å²) in [5, 5.41) is 0. The van der Waals surface area contributed by atoms with E-state index >= 15 is 0 Å². The van der Waals surface area contributed by atoms with E-state index in [2.05, 4.69) is 52.7 Å². The molecule has 0 amide bonds. The molecule has 0 fully saturated rings. The number of aryl methyl sites for hydroxylation is 1. The number of hydrogen-bond acceptors (Lipinski definition) is 3. The van der Waals surface area contributed by atoms with E-state index in [0.29, 0.717) is 0 Å². The largest absolute Gasteiger partial charge is 0.362 e. The molecule has 0 saturated heterocycles. The fraction of sp³-hybridized carbons (Fsp3) is 0.438. The Morgan fingerprint density at radius 1 is 1.35 bits per heavy atom. The molecule has 4 heteroatoms. The summed E-state index contributed by atoms with van der Waals surface area (Å²) < 4.78 is 2.23. The van der Waals surface area contributed by atoms with Crippen LogP contribution in [0.2, 0.25) is 0 Å². The molecule has 1 aromatic carbocycles. The Bertz CT molecular complexity index is 600. The lowest BCUT2D eigenvalue weighted by molar-refractivity contribution is 0.560. The van der Waals surface area contributed by atoms with E-state index in [4.69, 9.17) is 5.73 Å². The molecule has 4 nitrogen and oxygen atoms in total. The minimum Gasteiger partial charge on any atom is -0.362 e. The molecule has 0 saturated carbocycles. The highest BCUT2D eigenvalue weighted by Crippen LogP contribution is 2.23. The summed E-state index contributed by atoms with van der Waals surface area (Å²) >= 11 is 0. The van der Waals surface area contributed by atoms with Crippen molar-refractivity contribution in [3.8, 4) is 0 Å². The van der Waals surface area contributed by atoms with Crippen molar-refractivity contribution in [3.05, 3.63) is 47.5 Å². The van der Waals surface area contributed by atoms with Crippen molar-refractivity contribution in [2.24, 2.45) is 5.73 Å². The molecule has 0 aliphatic carbocycles. The van der Waals surface area contributed by atoms with Crippen LogP contribution in [0.1, 0.15) is 23.9 Å². The van der Waals surface area contributed by atoms with Gasteiger partial charge in [0.1, 0.15) is 5.82 Å². The van der Waals surface area contributed by atoms with Crippen LogP contribution in [0, 0.1) is 6.92 Å². The van der Waals surface area contributed by atoms with Crippen LogP contribution >= 0.6 is 0 Å². The highest BCUT2D eigenvalue weighted by molar-refractivity contribution is 5.51. The number of aromatic nitrogens is 2. The fourth-order valence-corrected chi connectivity index (χ4v) is 2.85. The quantitative estimate of drug-likeness (QED) is 0.929. The first-order valence-corrected chi connectivity index (χ1v) is 7.23. The zero-order valence-corrected chi connectivity index (χ0v) is 12.2. The number of nitrogens with two attached hydrogens (primary N) is 1. The van der Waals surface area contributed by atoms with E-state index in [1.54, 1.807) is 0 Å². The normalized spacial score (nSPS) is 16.1. The molecule has 106 valence electrons. The van der Waals surface area contributed by atoms with E-state index < -0.39 is 0 Å². The third kappa shape index (κ3) is 2.56. The SMILES string of the molecule is Cc1cc(N2CCn3ccnc3C2)ccc1CC(C)N. The highest BCUT2D eigenvalue weighted by atomic mass is 15.2. The average molecular weight is 270 g/mol. The van der Waals surface area contributed by atoms with Gasteiger partial charge in [-0.25, -0.2) is 4.98 Å². The third-order valence-electron chi connectivity index (χ3n) is 3.98. The number of benzene rings is 1. The summed E-state index contributed by atoms with van der Waals surface area (Å²) in [7, 11) is 0. The molecule has 0 bridgehead atoms. The first-order valence-electron chi connectivity index (χ1n) is 7.23. The second-order valence-electron chi connectivity index (χ2n) is 5.75. The molecule has 2 heterocycles. The molecule has 0 spiro atoms. The van der Waals surface area contributed by atoms with Gasteiger partial charge < -0.3 is 15.2 Å². The molecule has 2 N–H and O–H groups in total. The second-order valence-corrected chi connectivity index (χ2v) is 5.75. The molecule has 3 rings (SSSR count). The van der Waals surface area contributed by atoms with E-state index in [-0.39, 0.29) is 6.04 Å². The van der Waals surface area contributed by atoms with Gasteiger partial charge in [0.05, 0.1) is 6.54 Å². The molecule has 1 atom stereocenters. The van der Waals surface area contributed by atoms with Gasteiger partial charge in [0.15, 0.2) is 0 Å². The Hall–Kier alpha value is -1.81. The van der Waals surface area contributed by atoms with Gasteiger partial charge in [-0.1, -0.05) is 6.07 Å². The molecule has 1 aromatic heterocycles. The minimum atomic E-state index is 0.210. The maximum atomic E-state index is 5.89. The third-order valence-corrected chi connectivity index (χ3v) is 3.98. The Morgan fingerprint density at radius 2 is 2.20 bits per heavy atom. The first-order chi connectivity index (χ1) is 9.63. The van der Waals surface area contributed by atoms with Crippen LogP contribution in [0.4, 0.5) is 5.69 Å². The van der Waals surface area contributed by atoms with Gasteiger partial charge in [-0.05, 0) is 43.5 Å². The van der Waals surface area contributed by atoms with Crippen molar-refractivity contribution in [1.82, 2.24) is 9.55 Å². The molecule has 0 radical (unpaired) electrons. The van der Waals surface area contributed by atoms with Crippen molar-refractivity contribution in [1.29, 1.82) is 0 Å². The lowest BCUT2D eigenvalue weighted by Gasteiger charge is -2.30. The molecule has 1 aliphatic rings. The van der Waals surface area contributed by atoms with Crippen molar-refractivity contribution in [3.63, 3.8) is 0 Å². The standard InChI is InChI=1S/C16H22N4/c1-12-9-15(4-3-14(12)10-13(2)17)20-8-7-19-6-5-18-16(19)11-20/h3-6,9,13H,7-8,10-11,17H2,1-2H3. The molecule has 1 unspecified atom stereocenters. The van der Waals surface area contributed by atoms with E-state index in [9.17, 15) is 0 Å². The Kier molecular flexibility index (Phi) is 3.49. The number of rotatable bonds is 3. The van der Waals surface area contributed by atoms with Crippen LogP contribution in [-0.2, 0) is 19.5 Å². The monoisotopic (exact) mass is 270 g/mol. The zero-order chi connectivity index (χ0) is 14.1. The van der Waals surface area contributed by atoms with Crippen molar-refractivity contribution >= 4 is 5.69 Å². The van der Waals surface area contributed by atoms with Crippen molar-refractivity contribution in [2.75, 3.05) is 11.4 Å². The molecule has 1 aliphatic heterocycles. The highest BCUT2D eigenvalue weighted by Gasteiger charge is 2.17. The number of hydrogen-bond donors (Lipinski definition) is 1. The summed E-state index contributed by atoms with van der Waals surface area (Å²) in [6.45, 7) is 7.16. The van der Waals surface area contributed by atoms with Crippen LogP contribution < -0.4 is 10.6 Å². The predicted molar refractivity (Wildman–Crippen MR) is 81.8 cm³/mol. The first kappa shape index (κ1) is 13.2. The van der Waals surface area contributed by atoms with Gasteiger partial charge >= 0.3 is 0 Å². The number of anilines is 1. The zero-order valence-electron chi connectivity index (χ0n) is 12.2. The minimum absolute atomic E-state index is 0.210. The Balaban J connectivity index is 1.80. The maximum Gasteiger partial charge on any atom is 0.128 e. The van der Waals surface area contributed by atoms with Crippen molar-refractivity contribution < 1.29 is 0 Å². The molecule has 20 heavy (non-hydrogen) atoms. The summed E-state index contributed by atoms with van der Waals surface area (Å²) in [5.41, 5.74) is 9.85. The lowest BCUT2D eigenvalue weighted by Crippen LogP contribution is -2.33. The maximum absolute atomic E-state index is 5.89. The lowest BCUT2D eigenvalue weighted by atomic mass is 10.0. The van der Waals surface area contributed by atoms with Gasteiger partial charge in [0.25, 0.3) is 0 Å². The fourth-order valence-electron chi connectivity index (χ4n) is 2.85. The van der Waals surface area contributed by atoms with Crippen LogP contribution in [0.3, 0.4) is 0 Å².